The molecular weight excluding hydrogens is 240 g/mol. The second-order valence-corrected chi connectivity index (χ2v) is 11.5. The molecule has 0 spiro atoms. The first-order chi connectivity index (χ1) is 8.31. The van der Waals surface area contributed by atoms with Gasteiger partial charge < -0.3 is 9.84 Å². The fourth-order valence-corrected chi connectivity index (χ4v) is 3.71. The van der Waals surface area contributed by atoms with Crippen LogP contribution < -0.4 is 4.74 Å². The van der Waals surface area contributed by atoms with Gasteiger partial charge in [0, 0.05) is 14.1 Å². The van der Waals surface area contributed by atoms with Crippen molar-refractivity contribution in [3.05, 3.63) is 35.9 Å². The van der Waals surface area contributed by atoms with Crippen molar-refractivity contribution in [2.45, 2.75) is 38.5 Å². The molecule has 0 bridgehead atoms. The van der Waals surface area contributed by atoms with Crippen molar-refractivity contribution >= 4 is 8.07 Å². The van der Waals surface area contributed by atoms with Crippen LogP contribution in [0.5, 0.6) is 11.5 Å². The van der Waals surface area contributed by atoms with Gasteiger partial charge in [0.05, 0.1) is 7.11 Å². The Morgan fingerprint density at radius 3 is 2.50 bits per heavy atom. The molecule has 0 fully saturated rings. The first kappa shape index (κ1) is 14.8. The zero-order valence-corrected chi connectivity index (χ0v) is 12.9. The number of rotatable bonds is 6. The largest absolute Gasteiger partial charge is 0.508 e. The van der Waals surface area contributed by atoms with Gasteiger partial charge in [-0.25, -0.2) is 0 Å². The van der Waals surface area contributed by atoms with Gasteiger partial charge in [0.25, 0.3) is 0 Å². The van der Waals surface area contributed by atoms with Crippen LogP contribution in [0.15, 0.2) is 30.4 Å². The van der Waals surface area contributed by atoms with Crippen LogP contribution in [0.2, 0.25) is 25.7 Å². The number of aromatic hydroxyl groups is 1. The van der Waals surface area contributed by atoms with E-state index in [1.54, 1.807) is 13.2 Å². The molecule has 0 radical (unpaired) electrons. The lowest BCUT2D eigenvalue weighted by Gasteiger charge is -2.17. The molecule has 0 aliphatic rings. The second-order valence-electron chi connectivity index (χ2n) is 5.98. The Labute approximate surface area is 111 Å². The molecule has 1 aromatic rings. The molecule has 18 heavy (non-hydrogen) atoms. The van der Waals surface area contributed by atoms with Gasteiger partial charge in [0.2, 0.25) is 0 Å². The van der Waals surface area contributed by atoms with E-state index in [2.05, 4.69) is 26.2 Å². The van der Waals surface area contributed by atoms with Crippen molar-refractivity contribution in [3.8, 4) is 11.5 Å². The summed E-state index contributed by atoms with van der Waals surface area (Å²) in [4.78, 5) is 0. The van der Waals surface area contributed by atoms with Gasteiger partial charge in [-0.15, -0.1) is 6.58 Å². The maximum Gasteiger partial charge on any atom is 0.122 e. The molecule has 3 heteroatoms. The average molecular weight is 264 g/mol. The highest BCUT2D eigenvalue weighted by Gasteiger charge is 2.14. The highest BCUT2D eigenvalue weighted by molar-refractivity contribution is 6.76. The number of ether oxygens (including phenoxy) is 1. The summed E-state index contributed by atoms with van der Waals surface area (Å²) in [5.74, 6) is 1.01. The number of methoxy groups -OCH3 is 1. The minimum Gasteiger partial charge on any atom is -0.508 e. The first-order valence-corrected chi connectivity index (χ1v) is 10.0. The van der Waals surface area contributed by atoms with Crippen LogP contribution in [-0.2, 0) is 6.42 Å². The Kier molecular flexibility index (Phi) is 5.02. The standard InChI is InChI=1S/C15H24O2Si/c1-12(11-18(3,4)5)6-7-13-8-9-14(17-2)10-15(13)16/h8-10,16H,1,6-7,11H2,2-5H3. The molecule has 2 nitrogen and oxygen atoms in total. The molecular formula is C15H24O2Si. The molecule has 0 saturated carbocycles. The average Bonchev–Trinajstić information content (AvgIpc) is 2.25. The molecule has 1 aromatic carbocycles. The van der Waals surface area contributed by atoms with Gasteiger partial charge in [0.1, 0.15) is 11.5 Å². The van der Waals surface area contributed by atoms with Crippen molar-refractivity contribution in [2.24, 2.45) is 0 Å². The quantitative estimate of drug-likeness (QED) is 0.615. The van der Waals surface area contributed by atoms with Gasteiger partial charge in [-0.1, -0.05) is 31.3 Å². The van der Waals surface area contributed by atoms with Gasteiger partial charge >= 0.3 is 0 Å². The molecule has 1 rings (SSSR count). The predicted molar refractivity (Wildman–Crippen MR) is 80.3 cm³/mol. The highest BCUT2D eigenvalue weighted by atomic mass is 28.3. The molecule has 0 amide bonds. The number of hydrogen-bond donors (Lipinski definition) is 1. The van der Waals surface area contributed by atoms with Crippen molar-refractivity contribution in [2.75, 3.05) is 7.11 Å². The van der Waals surface area contributed by atoms with E-state index in [-0.39, 0.29) is 0 Å². The number of phenolic OH excluding ortho intramolecular Hbond substituents is 1. The lowest BCUT2D eigenvalue weighted by molar-refractivity contribution is 0.406. The maximum atomic E-state index is 9.87. The predicted octanol–water partition coefficient (Wildman–Crippen LogP) is 4.23. The zero-order valence-electron chi connectivity index (χ0n) is 11.9. The smallest absolute Gasteiger partial charge is 0.122 e. The lowest BCUT2D eigenvalue weighted by atomic mass is 10.1. The van der Waals surface area contributed by atoms with E-state index in [0.717, 1.165) is 24.4 Å². The highest BCUT2D eigenvalue weighted by Crippen LogP contribution is 2.26. The number of hydrogen-bond acceptors (Lipinski definition) is 2. The molecule has 0 heterocycles. The summed E-state index contributed by atoms with van der Waals surface area (Å²) in [6.45, 7) is 11.2. The minimum atomic E-state index is -1.07. The van der Waals surface area contributed by atoms with Crippen LogP contribution in [0.4, 0.5) is 0 Å². The molecule has 100 valence electrons. The van der Waals surface area contributed by atoms with Gasteiger partial charge in [-0.2, -0.15) is 0 Å². The van der Waals surface area contributed by atoms with Crippen LogP contribution in [0, 0.1) is 0 Å². The van der Waals surface area contributed by atoms with Crippen LogP contribution in [0.25, 0.3) is 0 Å². The first-order valence-electron chi connectivity index (χ1n) is 6.34. The Bertz CT molecular complexity index is 419. The minimum absolute atomic E-state index is 0.315. The van der Waals surface area contributed by atoms with Crippen molar-refractivity contribution in [1.82, 2.24) is 0 Å². The Morgan fingerprint density at radius 2 is 2.00 bits per heavy atom. The van der Waals surface area contributed by atoms with Gasteiger partial charge in [-0.05, 0) is 30.5 Å². The van der Waals surface area contributed by atoms with Crippen molar-refractivity contribution in [3.63, 3.8) is 0 Å². The zero-order chi connectivity index (χ0) is 13.8. The summed E-state index contributed by atoms with van der Waals surface area (Å²) >= 11 is 0. The molecule has 0 atom stereocenters. The maximum absolute atomic E-state index is 9.87. The van der Waals surface area contributed by atoms with Gasteiger partial charge in [0.15, 0.2) is 0 Å². The third-order valence-electron chi connectivity index (χ3n) is 2.82. The Balaban J connectivity index is 2.56. The number of benzene rings is 1. The van der Waals surface area contributed by atoms with E-state index in [9.17, 15) is 5.11 Å². The summed E-state index contributed by atoms with van der Waals surface area (Å²) in [6.07, 6.45) is 1.79. The molecule has 0 aliphatic heterocycles. The fourth-order valence-electron chi connectivity index (χ4n) is 2.03. The van der Waals surface area contributed by atoms with Crippen LogP contribution in [0.1, 0.15) is 12.0 Å². The molecule has 1 N–H and O–H groups in total. The monoisotopic (exact) mass is 264 g/mol. The van der Waals surface area contributed by atoms with Gasteiger partial charge in [-0.3, -0.25) is 0 Å². The third kappa shape index (κ3) is 4.96. The second kappa shape index (κ2) is 6.09. The lowest BCUT2D eigenvalue weighted by Crippen LogP contribution is -2.19. The van der Waals surface area contributed by atoms with Crippen molar-refractivity contribution in [1.29, 1.82) is 0 Å². The van der Waals surface area contributed by atoms with Crippen LogP contribution in [0.3, 0.4) is 0 Å². The van der Waals surface area contributed by atoms with E-state index >= 15 is 0 Å². The van der Waals surface area contributed by atoms with E-state index in [1.807, 2.05) is 12.1 Å². The summed E-state index contributed by atoms with van der Waals surface area (Å²) in [5.41, 5.74) is 2.26. The third-order valence-corrected chi connectivity index (χ3v) is 4.38. The van der Waals surface area contributed by atoms with E-state index in [1.165, 1.54) is 5.57 Å². The molecule has 0 aliphatic carbocycles. The Morgan fingerprint density at radius 1 is 1.33 bits per heavy atom. The van der Waals surface area contributed by atoms with E-state index in [0.29, 0.717) is 11.5 Å². The molecule has 0 unspecified atom stereocenters. The summed E-state index contributed by atoms with van der Waals surface area (Å²) in [6, 6.07) is 6.63. The topological polar surface area (TPSA) is 29.5 Å². The van der Waals surface area contributed by atoms with Crippen molar-refractivity contribution < 1.29 is 9.84 Å². The van der Waals surface area contributed by atoms with E-state index < -0.39 is 8.07 Å². The number of aryl methyl sites for hydroxylation is 1. The van der Waals surface area contributed by atoms with Crippen LogP contribution in [-0.4, -0.2) is 20.3 Å². The van der Waals surface area contributed by atoms with E-state index in [4.69, 9.17) is 4.74 Å². The molecule has 0 saturated heterocycles. The fraction of sp³-hybridized carbons (Fsp3) is 0.467. The SMILES string of the molecule is C=C(CCc1ccc(OC)cc1O)C[Si](C)(C)C. The summed E-state index contributed by atoms with van der Waals surface area (Å²) in [5, 5.41) is 9.87. The summed E-state index contributed by atoms with van der Waals surface area (Å²) < 4.78 is 5.07. The normalized spacial score (nSPS) is 11.3. The number of phenols is 1. The summed E-state index contributed by atoms with van der Waals surface area (Å²) in [7, 11) is 0.533. The number of allylic oxidation sites excluding steroid dienone is 1. The Hall–Kier alpha value is -1.22. The van der Waals surface area contributed by atoms with Crippen LogP contribution >= 0.6 is 0 Å². The molecule has 0 aromatic heterocycles.